The molecule has 4 heteroatoms. The maximum atomic E-state index is 11.9. The molecule has 2 saturated heterocycles. The first-order chi connectivity index (χ1) is 8.86. The van der Waals surface area contributed by atoms with Crippen molar-refractivity contribution < 1.29 is 4.79 Å². The third-order valence-electron chi connectivity index (χ3n) is 4.09. The Hall–Kier alpha value is -0.610. The number of piperidine rings is 1. The van der Waals surface area contributed by atoms with Crippen LogP contribution in [0.15, 0.2) is 0 Å². The molecule has 2 N–H and O–H groups in total. The van der Waals surface area contributed by atoms with Gasteiger partial charge in [-0.1, -0.05) is 12.8 Å². The molecular formula is C14H27N3O. The maximum Gasteiger partial charge on any atom is 0.224 e. The van der Waals surface area contributed by atoms with E-state index in [1.54, 1.807) is 0 Å². The number of likely N-dealkylation sites (tertiary alicyclic amines) is 1. The Morgan fingerprint density at radius 1 is 1.17 bits per heavy atom. The van der Waals surface area contributed by atoms with Gasteiger partial charge < -0.3 is 15.5 Å². The molecule has 2 rings (SSSR count). The monoisotopic (exact) mass is 253 g/mol. The summed E-state index contributed by atoms with van der Waals surface area (Å²) in [7, 11) is 0. The molecule has 1 atom stereocenters. The molecule has 2 aliphatic heterocycles. The largest absolute Gasteiger partial charge is 0.355 e. The molecular weight excluding hydrogens is 226 g/mol. The number of rotatable bonds is 4. The lowest BCUT2D eigenvalue weighted by atomic mass is 9.99. The second kappa shape index (κ2) is 7.74. The highest BCUT2D eigenvalue weighted by molar-refractivity contribution is 5.78. The summed E-state index contributed by atoms with van der Waals surface area (Å²) >= 11 is 0. The van der Waals surface area contributed by atoms with E-state index in [9.17, 15) is 4.79 Å². The minimum atomic E-state index is 0.197. The Morgan fingerprint density at radius 2 is 1.94 bits per heavy atom. The highest BCUT2D eigenvalue weighted by Crippen LogP contribution is 2.10. The summed E-state index contributed by atoms with van der Waals surface area (Å²) in [6.07, 6.45) is 7.56. The molecule has 4 nitrogen and oxygen atoms in total. The zero-order chi connectivity index (χ0) is 12.6. The van der Waals surface area contributed by atoms with Crippen molar-refractivity contribution in [3.8, 4) is 0 Å². The summed E-state index contributed by atoms with van der Waals surface area (Å²) in [5.74, 6) is 0.444. The number of nitrogens with one attached hydrogen (secondary N) is 2. The molecule has 0 saturated carbocycles. The number of amides is 1. The van der Waals surface area contributed by atoms with Gasteiger partial charge in [-0.2, -0.15) is 0 Å². The molecule has 104 valence electrons. The van der Waals surface area contributed by atoms with E-state index in [1.165, 1.54) is 38.8 Å². The van der Waals surface area contributed by atoms with Gasteiger partial charge in [0.15, 0.2) is 0 Å². The van der Waals surface area contributed by atoms with Gasteiger partial charge in [-0.3, -0.25) is 4.79 Å². The topological polar surface area (TPSA) is 44.4 Å². The second-order valence-electron chi connectivity index (χ2n) is 5.59. The van der Waals surface area contributed by atoms with Crippen molar-refractivity contribution in [1.82, 2.24) is 15.5 Å². The molecule has 0 bridgehead atoms. The Kier molecular flexibility index (Phi) is 5.94. The lowest BCUT2D eigenvalue weighted by Crippen LogP contribution is -2.43. The smallest absolute Gasteiger partial charge is 0.224 e. The molecule has 18 heavy (non-hydrogen) atoms. The van der Waals surface area contributed by atoms with Crippen LogP contribution in [0.25, 0.3) is 0 Å². The van der Waals surface area contributed by atoms with Gasteiger partial charge in [-0.25, -0.2) is 0 Å². The molecule has 0 aromatic heterocycles. The summed E-state index contributed by atoms with van der Waals surface area (Å²) in [5, 5.41) is 6.39. The SMILES string of the molecule is O=C(NCCN1CCCCCC1)C1CCCNC1. The Bertz CT molecular complexity index is 243. The average Bonchev–Trinajstić information content (AvgIpc) is 2.68. The van der Waals surface area contributed by atoms with Gasteiger partial charge >= 0.3 is 0 Å². The second-order valence-corrected chi connectivity index (χ2v) is 5.59. The van der Waals surface area contributed by atoms with Gasteiger partial charge in [-0.15, -0.1) is 0 Å². The predicted octanol–water partition coefficient (Wildman–Crippen LogP) is 0.978. The van der Waals surface area contributed by atoms with E-state index in [4.69, 9.17) is 0 Å². The van der Waals surface area contributed by atoms with E-state index in [0.29, 0.717) is 0 Å². The van der Waals surface area contributed by atoms with Gasteiger partial charge in [0.05, 0.1) is 5.92 Å². The molecule has 0 aromatic carbocycles. The first kappa shape index (κ1) is 13.8. The minimum absolute atomic E-state index is 0.197. The standard InChI is InChI=1S/C14H27N3O/c18-14(13-6-5-7-15-12-13)16-8-11-17-9-3-1-2-4-10-17/h13,15H,1-12H2,(H,16,18). The third-order valence-corrected chi connectivity index (χ3v) is 4.09. The zero-order valence-electron chi connectivity index (χ0n) is 11.4. The molecule has 0 spiro atoms. The van der Waals surface area contributed by atoms with Crippen LogP contribution < -0.4 is 10.6 Å². The van der Waals surface area contributed by atoms with Crippen LogP contribution in [0.1, 0.15) is 38.5 Å². The summed E-state index contributed by atoms with van der Waals surface area (Å²) < 4.78 is 0. The molecule has 0 radical (unpaired) electrons. The number of carbonyl (C=O) groups excluding carboxylic acids is 1. The van der Waals surface area contributed by atoms with Crippen LogP contribution in [0.3, 0.4) is 0 Å². The van der Waals surface area contributed by atoms with Crippen molar-refractivity contribution in [2.24, 2.45) is 5.92 Å². The third kappa shape index (κ3) is 4.58. The van der Waals surface area contributed by atoms with Crippen LogP contribution in [-0.2, 0) is 4.79 Å². The van der Waals surface area contributed by atoms with Gasteiger partial charge in [0.1, 0.15) is 0 Å². The highest BCUT2D eigenvalue weighted by atomic mass is 16.1. The fraction of sp³-hybridized carbons (Fsp3) is 0.929. The summed E-state index contributed by atoms with van der Waals surface area (Å²) in [6.45, 7) is 6.18. The van der Waals surface area contributed by atoms with Gasteiger partial charge in [0.25, 0.3) is 0 Å². The van der Waals surface area contributed by atoms with Crippen LogP contribution >= 0.6 is 0 Å². The molecule has 1 unspecified atom stereocenters. The van der Waals surface area contributed by atoms with E-state index in [-0.39, 0.29) is 11.8 Å². The molecule has 2 aliphatic rings. The van der Waals surface area contributed by atoms with Crippen molar-refractivity contribution in [2.75, 3.05) is 39.3 Å². The number of carbonyl (C=O) groups is 1. The number of hydrogen-bond donors (Lipinski definition) is 2. The normalized spacial score (nSPS) is 26.6. The zero-order valence-corrected chi connectivity index (χ0v) is 11.4. The summed E-state index contributed by atoms with van der Waals surface area (Å²) in [4.78, 5) is 14.4. The lowest BCUT2D eigenvalue weighted by molar-refractivity contribution is -0.125. The fourth-order valence-corrected chi connectivity index (χ4v) is 2.92. The van der Waals surface area contributed by atoms with Gasteiger partial charge in [-0.05, 0) is 45.3 Å². The van der Waals surface area contributed by atoms with Crippen molar-refractivity contribution >= 4 is 5.91 Å². The van der Waals surface area contributed by atoms with E-state index in [0.717, 1.165) is 39.0 Å². The number of nitrogens with zero attached hydrogens (tertiary/aromatic N) is 1. The van der Waals surface area contributed by atoms with Crippen molar-refractivity contribution in [3.05, 3.63) is 0 Å². The first-order valence-corrected chi connectivity index (χ1v) is 7.57. The Morgan fingerprint density at radius 3 is 2.61 bits per heavy atom. The molecule has 2 heterocycles. The molecule has 0 aliphatic carbocycles. The minimum Gasteiger partial charge on any atom is -0.355 e. The van der Waals surface area contributed by atoms with Crippen LogP contribution in [0.2, 0.25) is 0 Å². The Balaban J connectivity index is 1.60. The van der Waals surface area contributed by atoms with E-state index < -0.39 is 0 Å². The molecule has 1 amide bonds. The van der Waals surface area contributed by atoms with Crippen molar-refractivity contribution in [2.45, 2.75) is 38.5 Å². The summed E-state index contributed by atoms with van der Waals surface area (Å²) in [5.41, 5.74) is 0. The predicted molar refractivity (Wildman–Crippen MR) is 73.5 cm³/mol. The Labute approximate surface area is 110 Å². The highest BCUT2D eigenvalue weighted by Gasteiger charge is 2.20. The van der Waals surface area contributed by atoms with Crippen LogP contribution in [-0.4, -0.2) is 50.1 Å². The fourth-order valence-electron chi connectivity index (χ4n) is 2.92. The maximum absolute atomic E-state index is 11.9. The van der Waals surface area contributed by atoms with Gasteiger partial charge in [0.2, 0.25) is 5.91 Å². The van der Waals surface area contributed by atoms with E-state index in [1.807, 2.05) is 0 Å². The quantitative estimate of drug-likeness (QED) is 0.785. The van der Waals surface area contributed by atoms with E-state index in [2.05, 4.69) is 15.5 Å². The van der Waals surface area contributed by atoms with Crippen molar-refractivity contribution in [1.29, 1.82) is 0 Å². The molecule has 0 aromatic rings. The van der Waals surface area contributed by atoms with Crippen molar-refractivity contribution in [3.63, 3.8) is 0 Å². The first-order valence-electron chi connectivity index (χ1n) is 7.57. The number of hydrogen-bond acceptors (Lipinski definition) is 3. The van der Waals surface area contributed by atoms with E-state index >= 15 is 0 Å². The van der Waals surface area contributed by atoms with Gasteiger partial charge in [0, 0.05) is 19.6 Å². The van der Waals surface area contributed by atoms with Crippen LogP contribution in [0, 0.1) is 5.92 Å². The van der Waals surface area contributed by atoms with Crippen LogP contribution in [0.5, 0.6) is 0 Å². The lowest BCUT2D eigenvalue weighted by Gasteiger charge is -2.23. The summed E-state index contributed by atoms with van der Waals surface area (Å²) in [6, 6.07) is 0. The van der Waals surface area contributed by atoms with Crippen LogP contribution in [0.4, 0.5) is 0 Å². The average molecular weight is 253 g/mol. The molecule has 2 fully saturated rings.